The molecule has 5 rings (SSSR count). The number of aliphatic hydroxyl groups is 1. The van der Waals surface area contributed by atoms with Gasteiger partial charge < -0.3 is 9.84 Å². The highest BCUT2D eigenvalue weighted by molar-refractivity contribution is 9.11. The third kappa shape index (κ3) is 3.78. The number of para-hydroxylation sites is 1. The van der Waals surface area contributed by atoms with Gasteiger partial charge in [0.25, 0.3) is 0 Å². The van der Waals surface area contributed by atoms with Crippen molar-refractivity contribution in [3.63, 3.8) is 0 Å². The van der Waals surface area contributed by atoms with Crippen molar-refractivity contribution in [3.8, 4) is 11.5 Å². The Morgan fingerprint density at radius 2 is 1.81 bits per heavy atom. The zero-order valence-electron chi connectivity index (χ0n) is 19.4. The molecule has 4 atom stereocenters. The van der Waals surface area contributed by atoms with Gasteiger partial charge in [-0.3, -0.25) is 9.59 Å². The Kier molecular flexibility index (Phi) is 5.87. The molecule has 0 bridgehead atoms. The molecule has 0 saturated heterocycles. The molecule has 4 unspecified atom stereocenters. The lowest BCUT2D eigenvalue weighted by molar-refractivity contribution is -0.288. The maximum Gasteiger partial charge on any atom is 0.421 e. The number of rotatable bonds is 3. The number of Topliss-reactive ketones (excluding diaryl/α,β-unsaturated/α-hetero) is 1. The fourth-order valence-electron chi connectivity index (χ4n) is 5.23. The van der Waals surface area contributed by atoms with Gasteiger partial charge in [-0.05, 0) is 40.3 Å². The Morgan fingerprint density at radius 3 is 2.50 bits per heavy atom. The number of fused-ring (bicyclic) bond motifs is 4. The van der Waals surface area contributed by atoms with Crippen LogP contribution in [0.15, 0.2) is 53.0 Å². The number of halogens is 4. The molecule has 1 aliphatic heterocycles. The summed E-state index contributed by atoms with van der Waals surface area (Å²) < 4.78 is 51.1. The molecule has 186 valence electrons. The van der Waals surface area contributed by atoms with E-state index in [1.54, 1.807) is 19.1 Å². The summed E-state index contributed by atoms with van der Waals surface area (Å²) in [5.41, 5.74) is -2.41. The molecule has 36 heavy (non-hydrogen) atoms. The second-order valence-corrected chi connectivity index (χ2v) is 10.4. The Labute approximate surface area is 213 Å². The van der Waals surface area contributed by atoms with E-state index in [2.05, 4.69) is 15.9 Å². The van der Waals surface area contributed by atoms with E-state index in [1.807, 2.05) is 12.1 Å². The van der Waals surface area contributed by atoms with Crippen molar-refractivity contribution in [2.75, 3.05) is 0 Å². The SMILES string of the molecule is CC1C=c2c(C(O)(C(C)C3C=CC(Br)=CC3=O)C(F)(F)F)cc3c(c2=CC1=O)Cc1ccccc1O3. The van der Waals surface area contributed by atoms with Gasteiger partial charge in [-0.15, -0.1) is 0 Å². The standard InChI is InChI=1S/C28H22BrF3O4/c1-14-9-20-19(12-23(14)33)21-10-16-5-3-4-6-25(16)36-26(21)13-22(20)27(35,28(30,31)32)15(2)18-8-7-17(29)11-24(18)34/h3-9,11-15,18,35H,10H2,1-2H3. The van der Waals surface area contributed by atoms with E-state index in [0.29, 0.717) is 27.4 Å². The van der Waals surface area contributed by atoms with E-state index in [1.165, 1.54) is 43.4 Å². The normalized spacial score (nSPS) is 23.1. The van der Waals surface area contributed by atoms with E-state index >= 15 is 0 Å². The number of benzene rings is 2. The van der Waals surface area contributed by atoms with Gasteiger partial charge >= 0.3 is 6.18 Å². The summed E-state index contributed by atoms with van der Waals surface area (Å²) in [6.07, 6.45) is 2.12. The van der Waals surface area contributed by atoms with Gasteiger partial charge in [0.05, 0.1) is 0 Å². The highest BCUT2D eigenvalue weighted by Crippen LogP contribution is 2.48. The highest BCUT2D eigenvalue weighted by atomic mass is 79.9. The van der Waals surface area contributed by atoms with Crippen LogP contribution in [0.25, 0.3) is 12.2 Å². The molecular formula is C28H22BrF3O4. The minimum atomic E-state index is -5.13. The second kappa shape index (κ2) is 8.56. The lowest BCUT2D eigenvalue weighted by atomic mass is 9.70. The predicted octanol–water partition coefficient (Wildman–Crippen LogP) is 4.58. The molecule has 3 aliphatic rings. The van der Waals surface area contributed by atoms with E-state index in [9.17, 15) is 27.9 Å². The van der Waals surface area contributed by atoms with Crippen LogP contribution in [0.2, 0.25) is 0 Å². The van der Waals surface area contributed by atoms with Gasteiger partial charge in [-0.1, -0.05) is 66.2 Å². The molecule has 1 heterocycles. The molecule has 0 fully saturated rings. The summed E-state index contributed by atoms with van der Waals surface area (Å²) >= 11 is 3.17. The molecule has 0 amide bonds. The van der Waals surface area contributed by atoms with Crippen molar-refractivity contribution in [2.45, 2.75) is 32.0 Å². The Hall–Kier alpha value is -2.97. The molecule has 2 aliphatic carbocycles. The lowest BCUT2D eigenvalue weighted by Gasteiger charge is -2.40. The molecular weight excluding hydrogens is 537 g/mol. The molecule has 0 spiro atoms. The summed E-state index contributed by atoms with van der Waals surface area (Å²) in [5, 5.41) is 12.1. The third-order valence-electron chi connectivity index (χ3n) is 7.30. The zero-order valence-corrected chi connectivity index (χ0v) is 21.0. The number of ketones is 2. The molecule has 0 radical (unpaired) electrons. The number of allylic oxidation sites excluding steroid dienone is 4. The number of alkyl halides is 3. The first kappa shape index (κ1) is 24.7. The first-order chi connectivity index (χ1) is 16.9. The summed E-state index contributed by atoms with van der Waals surface area (Å²) in [6.45, 7) is 2.82. The van der Waals surface area contributed by atoms with Crippen LogP contribution in [0.5, 0.6) is 11.5 Å². The number of hydrogen-bond donors (Lipinski definition) is 1. The van der Waals surface area contributed by atoms with Crippen molar-refractivity contribution in [3.05, 3.63) is 80.2 Å². The van der Waals surface area contributed by atoms with Crippen LogP contribution < -0.4 is 15.2 Å². The van der Waals surface area contributed by atoms with E-state index in [0.717, 1.165) is 5.56 Å². The average molecular weight is 559 g/mol. The van der Waals surface area contributed by atoms with Crippen LogP contribution in [0.1, 0.15) is 30.5 Å². The van der Waals surface area contributed by atoms with E-state index < -0.39 is 40.9 Å². The lowest BCUT2D eigenvalue weighted by Crippen LogP contribution is -2.55. The van der Waals surface area contributed by atoms with Crippen molar-refractivity contribution in [1.82, 2.24) is 0 Å². The van der Waals surface area contributed by atoms with Crippen LogP contribution in [-0.2, 0) is 21.6 Å². The second-order valence-electron chi connectivity index (χ2n) is 9.49. The maximum atomic E-state index is 14.9. The Balaban J connectivity index is 1.78. The monoisotopic (exact) mass is 558 g/mol. The summed E-state index contributed by atoms with van der Waals surface area (Å²) in [7, 11) is 0. The van der Waals surface area contributed by atoms with E-state index in [4.69, 9.17) is 4.74 Å². The maximum absolute atomic E-state index is 14.9. The summed E-state index contributed by atoms with van der Waals surface area (Å²) in [5.74, 6) is -3.60. The first-order valence-electron chi connectivity index (χ1n) is 11.5. The number of carbonyl (C=O) groups is 2. The topological polar surface area (TPSA) is 63.6 Å². The third-order valence-corrected chi connectivity index (χ3v) is 7.80. The highest BCUT2D eigenvalue weighted by Gasteiger charge is 2.61. The van der Waals surface area contributed by atoms with Crippen LogP contribution in [-0.4, -0.2) is 22.8 Å². The molecule has 8 heteroatoms. The summed E-state index contributed by atoms with van der Waals surface area (Å²) in [4.78, 5) is 25.3. The van der Waals surface area contributed by atoms with Crippen LogP contribution in [0, 0.1) is 17.8 Å². The number of ether oxygens (including phenoxy) is 1. The first-order valence-corrected chi connectivity index (χ1v) is 12.3. The summed E-state index contributed by atoms with van der Waals surface area (Å²) in [6, 6.07) is 8.40. The zero-order chi connectivity index (χ0) is 26.0. The molecule has 2 aromatic carbocycles. The number of carbonyl (C=O) groups excluding carboxylic acids is 2. The minimum absolute atomic E-state index is 0.138. The van der Waals surface area contributed by atoms with Gasteiger partial charge in [0.2, 0.25) is 0 Å². The van der Waals surface area contributed by atoms with Gasteiger partial charge in [0, 0.05) is 39.8 Å². The van der Waals surface area contributed by atoms with Crippen LogP contribution >= 0.6 is 15.9 Å². The fourth-order valence-corrected chi connectivity index (χ4v) is 5.61. The van der Waals surface area contributed by atoms with Crippen molar-refractivity contribution >= 4 is 39.6 Å². The van der Waals surface area contributed by atoms with Gasteiger partial charge in [0.15, 0.2) is 17.2 Å². The van der Waals surface area contributed by atoms with Crippen LogP contribution in [0.4, 0.5) is 13.2 Å². The van der Waals surface area contributed by atoms with Crippen molar-refractivity contribution in [2.24, 2.45) is 17.8 Å². The van der Waals surface area contributed by atoms with Crippen molar-refractivity contribution in [1.29, 1.82) is 0 Å². The predicted molar refractivity (Wildman–Crippen MR) is 132 cm³/mol. The van der Waals surface area contributed by atoms with E-state index in [-0.39, 0.29) is 16.8 Å². The molecule has 1 N–H and O–H groups in total. The van der Waals surface area contributed by atoms with Gasteiger partial charge in [0.1, 0.15) is 11.5 Å². The molecule has 4 nitrogen and oxygen atoms in total. The van der Waals surface area contributed by atoms with Crippen LogP contribution in [0.3, 0.4) is 0 Å². The largest absolute Gasteiger partial charge is 0.457 e. The minimum Gasteiger partial charge on any atom is -0.457 e. The Bertz CT molecular complexity index is 1490. The van der Waals surface area contributed by atoms with Gasteiger partial charge in [-0.2, -0.15) is 13.2 Å². The molecule has 0 saturated carbocycles. The van der Waals surface area contributed by atoms with Crippen molar-refractivity contribution < 1.29 is 32.6 Å². The fraction of sp³-hybridized carbons (Fsp3) is 0.286. The number of hydrogen-bond acceptors (Lipinski definition) is 4. The Morgan fingerprint density at radius 1 is 1.08 bits per heavy atom. The smallest absolute Gasteiger partial charge is 0.421 e. The molecule has 2 aromatic rings. The molecule has 0 aromatic heterocycles. The van der Waals surface area contributed by atoms with Gasteiger partial charge in [-0.25, -0.2) is 0 Å². The average Bonchev–Trinajstić information content (AvgIpc) is 2.82. The quantitative estimate of drug-likeness (QED) is 0.511.